The number of sulfonamides is 1. The van der Waals surface area contributed by atoms with E-state index in [0.717, 1.165) is 15.8 Å². The lowest BCUT2D eigenvalue weighted by atomic mass is 9.97. The molecule has 4 rings (SSSR count). The summed E-state index contributed by atoms with van der Waals surface area (Å²) in [7, 11) is -3.63. The van der Waals surface area contributed by atoms with Gasteiger partial charge in [-0.2, -0.15) is 0 Å². The van der Waals surface area contributed by atoms with E-state index in [0.29, 0.717) is 24.2 Å². The van der Waals surface area contributed by atoms with Crippen LogP contribution in [0.5, 0.6) is 0 Å². The highest BCUT2D eigenvalue weighted by Gasteiger charge is 2.40. The highest BCUT2D eigenvalue weighted by molar-refractivity contribution is 9.10. The van der Waals surface area contributed by atoms with Crippen molar-refractivity contribution in [3.63, 3.8) is 0 Å². The molecule has 0 aliphatic carbocycles. The Kier molecular flexibility index (Phi) is 4.83. The van der Waals surface area contributed by atoms with Crippen LogP contribution in [0.1, 0.15) is 23.2 Å². The zero-order chi connectivity index (χ0) is 19.2. The molecule has 7 nitrogen and oxygen atoms in total. The summed E-state index contributed by atoms with van der Waals surface area (Å²) < 4.78 is 28.6. The van der Waals surface area contributed by atoms with Crippen LogP contribution < -0.4 is 10.0 Å². The van der Waals surface area contributed by atoms with Gasteiger partial charge < -0.3 is 10.2 Å². The number of carbonyl (C=O) groups is 2. The van der Waals surface area contributed by atoms with E-state index in [1.54, 1.807) is 35.7 Å². The average Bonchev–Trinajstić information content (AvgIpc) is 3.15. The molecule has 1 fully saturated rings. The molecule has 1 saturated heterocycles. The van der Waals surface area contributed by atoms with Gasteiger partial charge in [0.05, 0.1) is 11.3 Å². The van der Waals surface area contributed by atoms with Crippen molar-refractivity contribution in [2.75, 3.05) is 11.9 Å². The first kappa shape index (κ1) is 18.6. The van der Waals surface area contributed by atoms with E-state index >= 15 is 0 Å². The van der Waals surface area contributed by atoms with Crippen molar-refractivity contribution in [3.8, 4) is 0 Å². The maximum atomic E-state index is 12.9. The third kappa shape index (κ3) is 3.54. The van der Waals surface area contributed by atoms with Crippen molar-refractivity contribution in [1.82, 2.24) is 9.62 Å². The van der Waals surface area contributed by atoms with Crippen LogP contribution >= 0.6 is 27.3 Å². The number of halogens is 1. The van der Waals surface area contributed by atoms with E-state index < -0.39 is 22.1 Å². The first-order valence-corrected chi connectivity index (χ1v) is 11.5. The smallest absolute Gasteiger partial charge is 0.256 e. The number of anilines is 1. The number of hydrogen-bond acceptors (Lipinski definition) is 5. The SMILES string of the molecule is O=C1Nc2ccc(Br)cc2C(=O)N2CC[C@@H](NS(=O)(=O)c3cccs3)C[C@@H]12. The molecule has 1 aromatic heterocycles. The number of benzene rings is 1. The Morgan fingerprint density at radius 2 is 2.07 bits per heavy atom. The number of hydrogen-bond donors (Lipinski definition) is 2. The first-order valence-electron chi connectivity index (χ1n) is 8.32. The van der Waals surface area contributed by atoms with Gasteiger partial charge in [0.2, 0.25) is 15.9 Å². The van der Waals surface area contributed by atoms with Crippen molar-refractivity contribution < 1.29 is 18.0 Å². The average molecular weight is 470 g/mol. The summed E-state index contributed by atoms with van der Waals surface area (Å²) >= 11 is 4.49. The second kappa shape index (κ2) is 7.01. The lowest BCUT2D eigenvalue weighted by Gasteiger charge is -2.37. The van der Waals surface area contributed by atoms with Gasteiger partial charge in [-0.25, -0.2) is 13.1 Å². The van der Waals surface area contributed by atoms with Crippen LogP contribution in [0.4, 0.5) is 5.69 Å². The third-order valence-electron chi connectivity index (χ3n) is 4.72. The monoisotopic (exact) mass is 469 g/mol. The molecule has 142 valence electrons. The summed E-state index contributed by atoms with van der Waals surface area (Å²) in [4.78, 5) is 27.1. The highest BCUT2D eigenvalue weighted by atomic mass is 79.9. The molecule has 3 heterocycles. The molecule has 1 aromatic carbocycles. The fraction of sp³-hybridized carbons (Fsp3) is 0.294. The van der Waals surface area contributed by atoms with E-state index in [9.17, 15) is 18.0 Å². The van der Waals surface area contributed by atoms with Crippen molar-refractivity contribution in [2.45, 2.75) is 29.1 Å². The van der Waals surface area contributed by atoms with Crippen LogP contribution in [0.3, 0.4) is 0 Å². The van der Waals surface area contributed by atoms with Crippen LogP contribution in [0.2, 0.25) is 0 Å². The van der Waals surface area contributed by atoms with E-state index in [1.165, 1.54) is 4.90 Å². The summed E-state index contributed by atoms with van der Waals surface area (Å²) in [6.07, 6.45) is 0.681. The Labute approximate surface area is 168 Å². The molecule has 2 aromatic rings. The van der Waals surface area contributed by atoms with Crippen LogP contribution in [0, 0.1) is 0 Å². The number of fused-ring (bicyclic) bond motifs is 2. The predicted molar refractivity (Wildman–Crippen MR) is 105 cm³/mol. The second-order valence-electron chi connectivity index (χ2n) is 6.47. The van der Waals surface area contributed by atoms with Gasteiger partial charge in [-0.05, 0) is 42.5 Å². The summed E-state index contributed by atoms with van der Waals surface area (Å²) in [5.74, 6) is -0.529. The van der Waals surface area contributed by atoms with E-state index in [4.69, 9.17) is 0 Å². The highest BCUT2D eigenvalue weighted by Crippen LogP contribution is 2.30. The number of nitrogens with one attached hydrogen (secondary N) is 2. The van der Waals surface area contributed by atoms with Gasteiger partial charge in [-0.15, -0.1) is 11.3 Å². The largest absolute Gasteiger partial charge is 0.326 e. The standard InChI is InChI=1S/C17H16BrN3O4S2/c18-10-3-4-13-12(8-10)17(23)21-6-5-11(9-14(21)16(22)19-13)20-27(24,25)15-2-1-7-26-15/h1-4,7-8,11,14,20H,5-6,9H2,(H,19,22)/t11-,14+/m1/s1. The molecule has 10 heteroatoms. The fourth-order valence-corrected chi connectivity index (χ4v) is 6.09. The molecule has 0 radical (unpaired) electrons. The lowest BCUT2D eigenvalue weighted by Crippen LogP contribution is -2.54. The van der Waals surface area contributed by atoms with E-state index in [1.807, 2.05) is 0 Å². The van der Waals surface area contributed by atoms with Gasteiger partial charge in [0.1, 0.15) is 10.3 Å². The Morgan fingerprint density at radius 1 is 1.26 bits per heavy atom. The van der Waals surface area contributed by atoms with Crippen LogP contribution in [0.25, 0.3) is 0 Å². The number of carbonyl (C=O) groups excluding carboxylic acids is 2. The summed E-state index contributed by atoms with van der Waals surface area (Å²) in [6, 6.07) is 7.22. The topological polar surface area (TPSA) is 95.6 Å². The Hall–Kier alpha value is -1.75. The summed E-state index contributed by atoms with van der Waals surface area (Å²) in [5, 5.41) is 4.49. The van der Waals surface area contributed by atoms with E-state index in [2.05, 4.69) is 26.0 Å². The Balaban J connectivity index is 1.57. The van der Waals surface area contributed by atoms with Gasteiger partial charge in [-0.1, -0.05) is 22.0 Å². The van der Waals surface area contributed by atoms with Gasteiger partial charge in [0.15, 0.2) is 0 Å². The number of thiophene rings is 1. The normalized spacial score (nSPS) is 22.6. The zero-order valence-corrected chi connectivity index (χ0v) is 17.2. The molecule has 0 spiro atoms. The van der Waals surface area contributed by atoms with Gasteiger partial charge in [-0.3, -0.25) is 9.59 Å². The van der Waals surface area contributed by atoms with Crippen LogP contribution in [-0.4, -0.2) is 43.8 Å². The zero-order valence-electron chi connectivity index (χ0n) is 14.0. The minimum Gasteiger partial charge on any atom is -0.326 e. The maximum absolute atomic E-state index is 12.9. The lowest BCUT2D eigenvalue weighted by molar-refractivity contribution is -0.121. The molecule has 0 bridgehead atoms. The molecular weight excluding hydrogens is 454 g/mol. The number of piperidine rings is 1. The first-order chi connectivity index (χ1) is 12.8. The molecule has 2 aliphatic rings. The maximum Gasteiger partial charge on any atom is 0.256 e. The fourth-order valence-electron chi connectivity index (χ4n) is 3.43. The predicted octanol–water partition coefficient (Wildman–Crippen LogP) is 2.41. The van der Waals surface area contributed by atoms with Crippen molar-refractivity contribution in [1.29, 1.82) is 0 Å². The summed E-state index contributed by atoms with van der Waals surface area (Å²) in [5.41, 5.74) is 0.899. The van der Waals surface area contributed by atoms with Gasteiger partial charge in [0, 0.05) is 17.1 Å². The molecule has 2 aliphatic heterocycles. The van der Waals surface area contributed by atoms with Crippen molar-refractivity contribution in [2.24, 2.45) is 0 Å². The number of amides is 2. The quantitative estimate of drug-likeness (QED) is 0.721. The minimum absolute atomic E-state index is 0.228. The molecule has 0 saturated carbocycles. The molecule has 27 heavy (non-hydrogen) atoms. The van der Waals surface area contributed by atoms with E-state index in [-0.39, 0.29) is 22.4 Å². The number of rotatable bonds is 3. The Morgan fingerprint density at radius 3 is 2.81 bits per heavy atom. The Bertz CT molecular complexity index is 1010. The van der Waals surface area contributed by atoms with Crippen molar-refractivity contribution in [3.05, 3.63) is 45.7 Å². The molecule has 0 unspecified atom stereocenters. The number of nitrogens with zero attached hydrogens (tertiary/aromatic N) is 1. The molecular formula is C17H16BrN3O4S2. The summed E-state index contributed by atoms with van der Waals surface area (Å²) in [6.45, 7) is 0.306. The van der Waals surface area contributed by atoms with Crippen LogP contribution in [-0.2, 0) is 14.8 Å². The molecule has 2 atom stereocenters. The van der Waals surface area contributed by atoms with Gasteiger partial charge >= 0.3 is 0 Å². The van der Waals surface area contributed by atoms with Crippen LogP contribution in [0.15, 0.2) is 44.4 Å². The third-order valence-corrected chi connectivity index (χ3v) is 8.13. The van der Waals surface area contributed by atoms with Crippen molar-refractivity contribution >= 4 is 54.8 Å². The van der Waals surface area contributed by atoms with Gasteiger partial charge in [0.25, 0.3) is 5.91 Å². The molecule has 2 N–H and O–H groups in total. The molecule has 2 amide bonds. The second-order valence-corrected chi connectivity index (χ2v) is 10.3. The minimum atomic E-state index is -3.63.